The first-order chi connectivity index (χ1) is 16.1. The highest BCUT2D eigenvalue weighted by atomic mass is 32.2. The Bertz CT molecular complexity index is 1300. The second kappa shape index (κ2) is 9.24. The van der Waals surface area contributed by atoms with Gasteiger partial charge in [0.2, 0.25) is 5.91 Å². The molecule has 5 rings (SSSR count). The van der Waals surface area contributed by atoms with Crippen molar-refractivity contribution in [2.24, 2.45) is 7.05 Å². The van der Waals surface area contributed by atoms with E-state index in [1.54, 1.807) is 11.3 Å². The Kier molecular flexibility index (Phi) is 6.01. The highest BCUT2D eigenvalue weighted by Gasteiger charge is 2.27. The van der Waals surface area contributed by atoms with E-state index < -0.39 is 0 Å². The fraction of sp³-hybridized carbons (Fsp3) is 0.217. The lowest BCUT2D eigenvalue weighted by molar-refractivity contribution is -0.113. The van der Waals surface area contributed by atoms with Crippen molar-refractivity contribution in [3.05, 3.63) is 64.7 Å². The summed E-state index contributed by atoms with van der Waals surface area (Å²) in [4.78, 5) is 17.1. The second-order valence-electron chi connectivity index (χ2n) is 7.43. The molecule has 8 nitrogen and oxygen atoms in total. The van der Waals surface area contributed by atoms with Crippen LogP contribution in [0.3, 0.4) is 0 Å². The molecular formula is C23H21N5O3S2. The van der Waals surface area contributed by atoms with Crippen molar-refractivity contribution < 1.29 is 14.3 Å². The normalized spacial score (nSPS) is 14.8. The van der Waals surface area contributed by atoms with Crippen LogP contribution in [0.2, 0.25) is 0 Å². The number of carbonyl (C=O) groups is 1. The number of carbonyl (C=O) groups excluding carboxylic acids is 1. The van der Waals surface area contributed by atoms with Crippen LogP contribution in [0.4, 0.5) is 5.69 Å². The first-order valence-corrected chi connectivity index (χ1v) is 12.2. The highest BCUT2D eigenvalue weighted by Crippen LogP contribution is 2.35. The second-order valence-corrected chi connectivity index (χ2v) is 9.44. The zero-order valence-electron chi connectivity index (χ0n) is 18.0. The van der Waals surface area contributed by atoms with Crippen LogP contribution in [0.1, 0.15) is 16.9 Å². The molecule has 2 aromatic carbocycles. The lowest BCUT2D eigenvalue weighted by Gasteiger charge is -2.25. The van der Waals surface area contributed by atoms with E-state index >= 15 is 0 Å². The molecule has 168 valence electrons. The molecule has 1 N–H and O–H groups in total. The standard InChI is InChI=1S/C23H21N5O3S2/c1-14-24-17(12-32-14)15-6-5-7-16(10-15)25-21(29)13-33-23-27-26-22(28(23)2)20-11-30-18-8-3-4-9-19(18)31-20/h3-10,12,20H,11,13H2,1-2H3,(H,25,29). The number of fused-ring (bicyclic) bond motifs is 1. The van der Waals surface area contributed by atoms with Crippen LogP contribution < -0.4 is 14.8 Å². The van der Waals surface area contributed by atoms with Crippen LogP contribution in [0.5, 0.6) is 11.5 Å². The number of para-hydroxylation sites is 2. The molecule has 1 unspecified atom stereocenters. The van der Waals surface area contributed by atoms with Crippen LogP contribution in [-0.2, 0) is 11.8 Å². The summed E-state index contributed by atoms with van der Waals surface area (Å²) in [5.41, 5.74) is 2.61. The van der Waals surface area contributed by atoms with Gasteiger partial charge in [0.1, 0.15) is 6.61 Å². The van der Waals surface area contributed by atoms with E-state index in [4.69, 9.17) is 9.47 Å². The number of aryl methyl sites for hydroxylation is 1. The monoisotopic (exact) mass is 479 g/mol. The molecule has 0 saturated carbocycles. The zero-order chi connectivity index (χ0) is 22.8. The third kappa shape index (κ3) is 4.71. The van der Waals surface area contributed by atoms with Gasteiger partial charge in [-0.15, -0.1) is 21.5 Å². The van der Waals surface area contributed by atoms with Gasteiger partial charge >= 0.3 is 0 Å². The van der Waals surface area contributed by atoms with Crippen molar-refractivity contribution in [3.8, 4) is 22.8 Å². The van der Waals surface area contributed by atoms with Crippen LogP contribution >= 0.6 is 23.1 Å². The van der Waals surface area contributed by atoms with Gasteiger partial charge in [-0.2, -0.15) is 0 Å². The lowest BCUT2D eigenvalue weighted by Crippen LogP contribution is -2.24. The van der Waals surface area contributed by atoms with Gasteiger partial charge in [-0.1, -0.05) is 36.0 Å². The van der Waals surface area contributed by atoms with E-state index in [9.17, 15) is 4.79 Å². The van der Waals surface area contributed by atoms with Crippen molar-refractivity contribution in [2.45, 2.75) is 18.2 Å². The van der Waals surface area contributed by atoms with Crippen LogP contribution in [0.25, 0.3) is 11.3 Å². The third-order valence-corrected chi connectivity index (χ3v) is 6.85. The molecule has 10 heteroatoms. The number of nitrogens with zero attached hydrogens (tertiary/aromatic N) is 4. The molecule has 3 heterocycles. The Labute approximate surface area is 199 Å². The zero-order valence-corrected chi connectivity index (χ0v) is 19.7. The third-order valence-electron chi connectivity index (χ3n) is 5.06. The Hall–Kier alpha value is -3.37. The molecular weight excluding hydrogens is 458 g/mol. The lowest BCUT2D eigenvalue weighted by atomic mass is 10.1. The molecule has 0 bridgehead atoms. The molecule has 0 fully saturated rings. The van der Waals surface area contributed by atoms with Crippen LogP contribution in [0, 0.1) is 6.92 Å². The van der Waals surface area contributed by atoms with E-state index in [0.717, 1.165) is 27.7 Å². The van der Waals surface area contributed by atoms with Gasteiger partial charge in [-0.25, -0.2) is 4.98 Å². The Morgan fingerprint density at radius 1 is 1.21 bits per heavy atom. The predicted octanol–water partition coefficient (Wildman–Crippen LogP) is 4.49. The molecule has 1 amide bonds. The number of ether oxygens (including phenoxy) is 2. The molecule has 33 heavy (non-hydrogen) atoms. The number of hydrogen-bond donors (Lipinski definition) is 1. The largest absolute Gasteiger partial charge is 0.485 e. The number of rotatable bonds is 6. The molecule has 1 atom stereocenters. The van der Waals surface area contributed by atoms with E-state index in [1.807, 2.05) is 72.4 Å². The number of thioether (sulfide) groups is 1. The molecule has 0 aliphatic carbocycles. The van der Waals surface area contributed by atoms with Crippen LogP contribution in [-0.4, -0.2) is 38.0 Å². The number of thiazole rings is 1. The molecule has 0 saturated heterocycles. The SMILES string of the molecule is Cc1nc(-c2cccc(NC(=O)CSc3nnc(C4COc5ccccc5O4)n3C)c2)cs1. The molecule has 1 aliphatic rings. The quantitative estimate of drug-likeness (QED) is 0.408. The summed E-state index contributed by atoms with van der Waals surface area (Å²) < 4.78 is 13.6. The molecule has 2 aromatic heterocycles. The summed E-state index contributed by atoms with van der Waals surface area (Å²) in [6, 6.07) is 15.2. The Balaban J connectivity index is 1.20. The summed E-state index contributed by atoms with van der Waals surface area (Å²) in [6.45, 7) is 2.32. The summed E-state index contributed by atoms with van der Waals surface area (Å²) in [6.07, 6.45) is -0.363. The number of amides is 1. The number of benzene rings is 2. The van der Waals surface area contributed by atoms with Gasteiger partial charge in [0.05, 0.1) is 16.5 Å². The fourth-order valence-corrected chi connectivity index (χ4v) is 4.80. The Morgan fingerprint density at radius 3 is 2.88 bits per heavy atom. The number of aromatic nitrogens is 4. The average Bonchev–Trinajstić information content (AvgIpc) is 3.43. The Morgan fingerprint density at radius 2 is 2.06 bits per heavy atom. The maximum absolute atomic E-state index is 12.5. The molecule has 4 aromatic rings. The fourth-order valence-electron chi connectivity index (χ4n) is 3.46. The van der Waals surface area contributed by atoms with Gasteiger partial charge in [0.25, 0.3) is 0 Å². The maximum atomic E-state index is 12.5. The first kappa shape index (κ1) is 21.5. The summed E-state index contributed by atoms with van der Waals surface area (Å²) in [5, 5.41) is 15.1. The van der Waals surface area contributed by atoms with Gasteiger partial charge < -0.3 is 19.4 Å². The van der Waals surface area contributed by atoms with E-state index in [1.165, 1.54) is 11.8 Å². The highest BCUT2D eigenvalue weighted by molar-refractivity contribution is 7.99. The van der Waals surface area contributed by atoms with E-state index in [2.05, 4.69) is 20.5 Å². The summed E-state index contributed by atoms with van der Waals surface area (Å²) in [5.74, 6) is 2.13. The molecule has 0 radical (unpaired) electrons. The predicted molar refractivity (Wildman–Crippen MR) is 128 cm³/mol. The number of nitrogens with one attached hydrogen (secondary N) is 1. The van der Waals surface area contributed by atoms with Crippen molar-refractivity contribution in [3.63, 3.8) is 0 Å². The van der Waals surface area contributed by atoms with Crippen molar-refractivity contribution in [1.29, 1.82) is 0 Å². The topological polar surface area (TPSA) is 91.2 Å². The number of anilines is 1. The maximum Gasteiger partial charge on any atom is 0.234 e. The van der Waals surface area contributed by atoms with Crippen molar-refractivity contribution in [2.75, 3.05) is 17.7 Å². The van der Waals surface area contributed by atoms with Crippen LogP contribution in [0.15, 0.2) is 59.1 Å². The van der Waals surface area contributed by atoms with Crippen molar-refractivity contribution in [1.82, 2.24) is 19.7 Å². The summed E-state index contributed by atoms with van der Waals surface area (Å²) >= 11 is 2.92. The minimum absolute atomic E-state index is 0.123. The van der Waals surface area contributed by atoms with Gasteiger partial charge in [-0.05, 0) is 31.2 Å². The van der Waals surface area contributed by atoms with Gasteiger partial charge in [0.15, 0.2) is 28.6 Å². The first-order valence-electron chi connectivity index (χ1n) is 10.3. The molecule has 0 spiro atoms. The summed E-state index contributed by atoms with van der Waals surface area (Å²) in [7, 11) is 1.86. The minimum Gasteiger partial charge on any atom is -0.485 e. The average molecular weight is 480 g/mol. The van der Waals surface area contributed by atoms with Gasteiger partial charge in [-0.3, -0.25) is 4.79 Å². The molecule has 1 aliphatic heterocycles. The van der Waals surface area contributed by atoms with E-state index in [0.29, 0.717) is 23.3 Å². The minimum atomic E-state index is -0.363. The number of hydrogen-bond acceptors (Lipinski definition) is 8. The smallest absolute Gasteiger partial charge is 0.234 e. The van der Waals surface area contributed by atoms with Gasteiger partial charge in [0, 0.05) is 23.7 Å². The van der Waals surface area contributed by atoms with E-state index in [-0.39, 0.29) is 17.8 Å². The van der Waals surface area contributed by atoms with Crippen molar-refractivity contribution >= 4 is 34.7 Å².